The maximum atomic E-state index is 11.5. The molecule has 1 aromatic heterocycles. The number of hydrogen-bond donors (Lipinski definition) is 1. The number of carbonyl (C=O) groups is 1. The lowest BCUT2D eigenvalue weighted by Gasteiger charge is -1.97. The van der Waals surface area contributed by atoms with Crippen molar-refractivity contribution in [1.82, 2.24) is 10.3 Å². The van der Waals surface area contributed by atoms with Crippen LogP contribution in [0.25, 0.3) is 17.2 Å². The predicted octanol–water partition coefficient (Wildman–Crippen LogP) is 2.92. The zero-order chi connectivity index (χ0) is 13.5. The number of benzene rings is 1. The van der Waals surface area contributed by atoms with Crippen molar-refractivity contribution in [2.45, 2.75) is 13.3 Å². The van der Waals surface area contributed by atoms with Crippen LogP contribution in [0.5, 0.6) is 0 Å². The van der Waals surface area contributed by atoms with Crippen LogP contribution in [0.4, 0.5) is 0 Å². The van der Waals surface area contributed by atoms with Gasteiger partial charge < -0.3 is 9.73 Å². The Kier molecular flexibility index (Phi) is 4.50. The second kappa shape index (κ2) is 6.54. The van der Waals surface area contributed by atoms with Gasteiger partial charge in [0.1, 0.15) is 5.52 Å². The number of oxazole rings is 1. The molecule has 0 aliphatic carbocycles. The minimum atomic E-state index is -0.147. The molecule has 1 aromatic carbocycles. The largest absolute Gasteiger partial charge is 0.437 e. The Hall–Kier alpha value is -2.36. The molecule has 0 atom stereocenters. The topological polar surface area (TPSA) is 55.1 Å². The number of hydrogen-bond acceptors (Lipinski definition) is 3. The van der Waals surface area contributed by atoms with E-state index in [9.17, 15) is 4.79 Å². The predicted molar refractivity (Wildman–Crippen MR) is 75.5 cm³/mol. The van der Waals surface area contributed by atoms with Gasteiger partial charge in [0, 0.05) is 18.7 Å². The summed E-state index contributed by atoms with van der Waals surface area (Å²) in [6.45, 7) is 2.58. The molecule has 1 heterocycles. The van der Waals surface area contributed by atoms with Crippen LogP contribution in [0.2, 0.25) is 0 Å². The van der Waals surface area contributed by atoms with Crippen LogP contribution in [0, 0.1) is 0 Å². The van der Waals surface area contributed by atoms with Crippen LogP contribution in [-0.2, 0) is 4.79 Å². The van der Waals surface area contributed by atoms with Gasteiger partial charge in [0.2, 0.25) is 11.8 Å². The first-order valence-corrected chi connectivity index (χ1v) is 6.22. The van der Waals surface area contributed by atoms with E-state index in [1.165, 1.54) is 6.08 Å². The summed E-state index contributed by atoms with van der Waals surface area (Å²) < 4.78 is 5.47. The van der Waals surface area contributed by atoms with Crippen molar-refractivity contribution >= 4 is 23.1 Å². The SMILES string of the molecule is C/C=C/CCNC(=O)/C=C/c1nc2ccccc2o1. The van der Waals surface area contributed by atoms with E-state index in [4.69, 9.17) is 4.42 Å². The van der Waals surface area contributed by atoms with E-state index >= 15 is 0 Å². The summed E-state index contributed by atoms with van der Waals surface area (Å²) in [6, 6.07) is 7.49. The van der Waals surface area contributed by atoms with Crippen molar-refractivity contribution < 1.29 is 9.21 Å². The second-order valence-corrected chi connectivity index (χ2v) is 4.00. The van der Waals surface area contributed by atoms with Crippen molar-refractivity contribution in [3.8, 4) is 0 Å². The molecule has 2 aromatic rings. The first kappa shape index (κ1) is 13.1. The highest BCUT2D eigenvalue weighted by molar-refractivity contribution is 5.91. The molecule has 0 fully saturated rings. The van der Waals surface area contributed by atoms with Crippen LogP contribution in [0.15, 0.2) is 46.9 Å². The molecule has 2 rings (SSSR count). The third kappa shape index (κ3) is 3.81. The summed E-state index contributed by atoms with van der Waals surface area (Å²) in [5.74, 6) is 0.288. The molecule has 19 heavy (non-hydrogen) atoms. The Morgan fingerprint density at radius 3 is 3.05 bits per heavy atom. The Bertz CT molecular complexity index is 578. The molecule has 0 saturated carbocycles. The van der Waals surface area contributed by atoms with Crippen molar-refractivity contribution in [2.75, 3.05) is 6.54 Å². The molecule has 1 N–H and O–H groups in total. The molecule has 4 nitrogen and oxygen atoms in total. The molecule has 0 unspecified atom stereocenters. The van der Waals surface area contributed by atoms with Gasteiger partial charge in [-0.15, -0.1) is 0 Å². The maximum Gasteiger partial charge on any atom is 0.244 e. The van der Waals surface area contributed by atoms with E-state index < -0.39 is 0 Å². The van der Waals surface area contributed by atoms with Gasteiger partial charge in [-0.1, -0.05) is 24.3 Å². The summed E-state index contributed by atoms with van der Waals surface area (Å²) >= 11 is 0. The molecule has 0 radical (unpaired) electrons. The smallest absolute Gasteiger partial charge is 0.244 e. The van der Waals surface area contributed by atoms with E-state index in [1.807, 2.05) is 43.3 Å². The number of para-hydroxylation sites is 2. The fraction of sp³-hybridized carbons (Fsp3) is 0.200. The van der Waals surface area contributed by atoms with Gasteiger partial charge in [0.15, 0.2) is 5.58 Å². The van der Waals surface area contributed by atoms with Gasteiger partial charge in [-0.3, -0.25) is 4.79 Å². The monoisotopic (exact) mass is 256 g/mol. The highest BCUT2D eigenvalue weighted by Gasteiger charge is 2.01. The van der Waals surface area contributed by atoms with Gasteiger partial charge >= 0.3 is 0 Å². The number of nitrogens with one attached hydrogen (secondary N) is 1. The molecule has 0 bridgehead atoms. The fourth-order valence-corrected chi connectivity index (χ4v) is 1.61. The summed E-state index contributed by atoms with van der Waals surface area (Å²) in [6.07, 6.45) is 7.80. The second-order valence-electron chi connectivity index (χ2n) is 4.00. The molecule has 0 aliphatic heterocycles. The van der Waals surface area contributed by atoms with Crippen LogP contribution in [0.3, 0.4) is 0 Å². The van der Waals surface area contributed by atoms with E-state index in [0.29, 0.717) is 12.4 Å². The number of fused-ring (bicyclic) bond motifs is 1. The standard InChI is InChI=1S/C15H16N2O2/c1-2-3-6-11-16-14(18)9-10-15-17-12-7-4-5-8-13(12)19-15/h2-5,7-10H,6,11H2,1H3,(H,16,18)/b3-2+,10-9+. The molecular formula is C15H16N2O2. The van der Waals surface area contributed by atoms with Crippen LogP contribution in [-0.4, -0.2) is 17.4 Å². The fourth-order valence-electron chi connectivity index (χ4n) is 1.61. The Labute approximate surface area is 111 Å². The summed E-state index contributed by atoms with van der Waals surface area (Å²) in [5, 5.41) is 2.78. The number of nitrogens with zero attached hydrogens (tertiary/aromatic N) is 1. The zero-order valence-corrected chi connectivity index (χ0v) is 10.8. The average Bonchev–Trinajstić information content (AvgIpc) is 2.84. The molecule has 0 spiro atoms. The van der Waals surface area contributed by atoms with Crippen LogP contribution in [0.1, 0.15) is 19.2 Å². The van der Waals surface area contributed by atoms with E-state index in [1.54, 1.807) is 6.08 Å². The van der Waals surface area contributed by atoms with Crippen LogP contribution < -0.4 is 5.32 Å². The summed E-state index contributed by atoms with van der Waals surface area (Å²) in [4.78, 5) is 15.8. The van der Waals surface area contributed by atoms with Crippen molar-refractivity contribution in [3.63, 3.8) is 0 Å². The number of aromatic nitrogens is 1. The average molecular weight is 256 g/mol. The minimum absolute atomic E-state index is 0.147. The summed E-state index contributed by atoms with van der Waals surface area (Å²) in [7, 11) is 0. The van der Waals surface area contributed by atoms with E-state index in [-0.39, 0.29) is 5.91 Å². The van der Waals surface area contributed by atoms with Crippen molar-refractivity contribution in [1.29, 1.82) is 0 Å². The first-order valence-electron chi connectivity index (χ1n) is 6.22. The number of rotatable bonds is 5. The Morgan fingerprint density at radius 2 is 2.26 bits per heavy atom. The highest BCUT2D eigenvalue weighted by atomic mass is 16.3. The molecule has 4 heteroatoms. The van der Waals surface area contributed by atoms with Gasteiger partial charge in [0.25, 0.3) is 0 Å². The van der Waals surface area contributed by atoms with E-state index in [2.05, 4.69) is 10.3 Å². The molecule has 1 amide bonds. The van der Waals surface area contributed by atoms with Crippen molar-refractivity contribution in [3.05, 3.63) is 48.4 Å². The Morgan fingerprint density at radius 1 is 1.42 bits per heavy atom. The first-order chi connectivity index (χ1) is 9.29. The number of carbonyl (C=O) groups excluding carboxylic acids is 1. The lowest BCUT2D eigenvalue weighted by atomic mass is 10.3. The highest BCUT2D eigenvalue weighted by Crippen LogP contribution is 2.15. The maximum absolute atomic E-state index is 11.5. The number of allylic oxidation sites excluding steroid dienone is 1. The van der Waals surface area contributed by atoms with Gasteiger partial charge in [-0.2, -0.15) is 0 Å². The van der Waals surface area contributed by atoms with Gasteiger partial charge in [-0.25, -0.2) is 4.98 Å². The Balaban J connectivity index is 1.92. The number of amides is 1. The van der Waals surface area contributed by atoms with Gasteiger partial charge in [0.05, 0.1) is 0 Å². The normalized spacial score (nSPS) is 11.6. The molecule has 0 aliphatic rings. The van der Waals surface area contributed by atoms with Gasteiger partial charge in [-0.05, 0) is 25.5 Å². The van der Waals surface area contributed by atoms with E-state index in [0.717, 1.165) is 17.5 Å². The quantitative estimate of drug-likeness (QED) is 0.508. The lowest BCUT2D eigenvalue weighted by Crippen LogP contribution is -2.21. The third-order valence-corrected chi connectivity index (χ3v) is 2.53. The summed E-state index contributed by atoms with van der Waals surface area (Å²) in [5.41, 5.74) is 1.51. The zero-order valence-electron chi connectivity index (χ0n) is 10.8. The molecule has 98 valence electrons. The lowest BCUT2D eigenvalue weighted by molar-refractivity contribution is -0.116. The van der Waals surface area contributed by atoms with Crippen molar-refractivity contribution in [2.24, 2.45) is 0 Å². The third-order valence-electron chi connectivity index (χ3n) is 2.53. The van der Waals surface area contributed by atoms with Crippen LogP contribution >= 0.6 is 0 Å². The minimum Gasteiger partial charge on any atom is -0.437 e. The molecular weight excluding hydrogens is 240 g/mol. The molecule has 0 saturated heterocycles.